The van der Waals surface area contributed by atoms with E-state index in [1.54, 1.807) is 0 Å². The Morgan fingerprint density at radius 3 is 1.86 bits per heavy atom. The Hall–Kier alpha value is -0.640. The summed E-state index contributed by atoms with van der Waals surface area (Å²) in [7, 11) is 0. The lowest BCUT2D eigenvalue weighted by Gasteiger charge is -2.31. The molecule has 0 aliphatic heterocycles. The summed E-state index contributed by atoms with van der Waals surface area (Å²) in [5.74, 6) is 0. The van der Waals surface area contributed by atoms with Gasteiger partial charge >= 0.3 is 6.09 Å². The number of nitrogens with one attached hydrogen (secondary N) is 1. The molecule has 0 unspecified atom stereocenters. The molecule has 0 aromatic heterocycles. The minimum atomic E-state index is -1.71. The maximum absolute atomic E-state index is 11.8. The lowest BCUT2D eigenvalue weighted by atomic mass is 9.87. The van der Waals surface area contributed by atoms with Crippen LogP contribution in [0.5, 0.6) is 0 Å². The largest absolute Gasteiger partial charge is 0.439 e. The van der Waals surface area contributed by atoms with Crippen molar-refractivity contribution in [2.24, 2.45) is 0 Å². The molecule has 0 fully saturated rings. The van der Waals surface area contributed by atoms with E-state index in [-0.39, 0.29) is 5.41 Å². The maximum atomic E-state index is 11.8. The summed E-state index contributed by atoms with van der Waals surface area (Å²) in [6.07, 6.45) is -0.671. The molecule has 0 atom stereocenters. The van der Waals surface area contributed by atoms with Crippen molar-refractivity contribution in [3.05, 3.63) is 29.8 Å². The summed E-state index contributed by atoms with van der Waals surface area (Å²) in [6.45, 7) is 9.41. The van der Waals surface area contributed by atoms with Gasteiger partial charge in [-0.15, -0.1) is 0 Å². The summed E-state index contributed by atoms with van der Waals surface area (Å²) >= 11 is 17.3. The number of carbonyl (C=O) groups excluding carboxylic acids is 1. The number of ether oxygens (including phenoxy) is 1. The van der Waals surface area contributed by atoms with Gasteiger partial charge in [0.05, 0.1) is 0 Å². The molecule has 1 N–H and O–H groups in total. The van der Waals surface area contributed by atoms with E-state index >= 15 is 0 Å². The third-order valence-corrected chi connectivity index (χ3v) is 4.39. The molecule has 0 aliphatic rings. The number of carbonyl (C=O) groups is 1. The first-order valence-electron chi connectivity index (χ1n) is 6.50. The zero-order valence-electron chi connectivity index (χ0n) is 12.8. The van der Waals surface area contributed by atoms with Crippen molar-refractivity contribution in [2.75, 3.05) is 5.32 Å². The van der Waals surface area contributed by atoms with Crippen LogP contribution in [0.1, 0.15) is 40.2 Å². The van der Waals surface area contributed by atoms with E-state index in [0.29, 0.717) is 5.69 Å². The Morgan fingerprint density at radius 1 is 1.00 bits per heavy atom. The first kappa shape index (κ1) is 18.4. The van der Waals surface area contributed by atoms with Crippen molar-refractivity contribution in [2.45, 2.75) is 49.4 Å². The number of anilines is 1. The highest BCUT2D eigenvalue weighted by molar-refractivity contribution is 6.68. The highest BCUT2D eigenvalue weighted by Gasteiger charge is 2.44. The van der Waals surface area contributed by atoms with Crippen LogP contribution in [-0.2, 0) is 10.2 Å². The molecule has 1 amide bonds. The van der Waals surface area contributed by atoms with Crippen molar-refractivity contribution in [1.82, 2.24) is 0 Å². The van der Waals surface area contributed by atoms with Crippen molar-refractivity contribution in [3.63, 3.8) is 0 Å². The van der Waals surface area contributed by atoms with Crippen molar-refractivity contribution < 1.29 is 9.53 Å². The highest BCUT2D eigenvalue weighted by Crippen LogP contribution is 2.40. The van der Waals surface area contributed by atoms with Crippen LogP contribution in [0.15, 0.2) is 24.3 Å². The van der Waals surface area contributed by atoms with Gasteiger partial charge in [-0.1, -0.05) is 67.7 Å². The summed E-state index contributed by atoms with van der Waals surface area (Å²) in [5, 5.41) is 2.61. The van der Waals surface area contributed by atoms with Crippen LogP contribution in [0.2, 0.25) is 0 Å². The fourth-order valence-corrected chi connectivity index (χ4v) is 1.60. The molecule has 0 radical (unpaired) electrons. The summed E-state index contributed by atoms with van der Waals surface area (Å²) in [4.78, 5) is 11.8. The highest BCUT2D eigenvalue weighted by atomic mass is 35.6. The fourth-order valence-electron chi connectivity index (χ4n) is 1.49. The second kappa shape index (κ2) is 6.23. The lowest BCUT2D eigenvalue weighted by Crippen LogP contribution is -2.42. The van der Waals surface area contributed by atoms with Gasteiger partial charge in [0, 0.05) is 5.69 Å². The van der Waals surface area contributed by atoms with E-state index in [0.717, 1.165) is 0 Å². The Balaban J connectivity index is 2.72. The SMILES string of the molecule is CC(C)(C)c1ccc(NC(=O)OC(C)(C)C(Cl)(Cl)Cl)cc1. The normalized spacial score (nSPS) is 13.0. The summed E-state index contributed by atoms with van der Waals surface area (Å²) in [6, 6.07) is 7.53. The first-order valence-corrected chi connectivity index (χ1v) is 7.63. The lowest BCUT2D eigenvalue weighted by molar-refractivity contribution is 0.0519. The number of rotatable bonds is 2. The average molecular weight is 353 g/mol. The van der Waals surface area contributed by atoms with Crippen LogP contribution in [-0.4, -0.2) is 15.5 Å². The third kappa shape index (κ3) is 5.24. The standard InChI is InChI=1S/C15H20Cl3NO2/c1-13(2,3)10-6-8-11(9-7-10)19-12(20)21-14(4,5)15(16,17)18/h6-9H,1-5H3,(H,19,20). The molecule has 1 aromatic carbocycles. The van der Waals surface area contributed by atoms with E-state index < -0.39 is 15.5 Å². The van der Waals surface area contributed by atoms with Gasteiger partial charge in [-0.2, -0.15) is 0 Å². The Kier molecular flexibility index (Phi) is 5.46. The molecular formula is C15H20Cl3NO2. The molecule has 118 valence electrons. The van der Waals surface area contributed by atoms with Crippen LogP contribution in [0.3, 0.4) is 0 Å². The zero-order valence-corrected chi connectivity index (χ0v) is 15.0. The monoisotopic (exact) mass is 351 g/mol. The van der Waals surface area contributed by atoms with Gasteiger partial charge in [-0.3, -0.25) is 5.32 Å². The molecule has 1 aromatic rings. The number of benzene rings is 1. The number of amides is 1. The van der Waals surface area contributed by atoms with Crippen molar-refractivity contribution in [1.29, 1.82) is 0 Å². The molecule has 1 rings (SSSR count). The quantitative estimate of drug-likeness (QED) is 0.695. The van der Waals surface area contributed by atoms with Crippen LogP contribution >= 0.6 is 34.8 Å². The van der Waals surface area contributed by atoms with Gasteiger partial charge in [0.1, 0.15) is 0 Å². The van der Waals surface area contributed by atoms with Gasteiger partial charge < -0.3 is 4.74 Å². The number of hydrogen-bond acceptors (Lipinski definition) is 2. The van der Waals surface area contributed by atoms with E-state index in [1.165, 1.54) is 19.4 Å². The van der Waals surface area contributed by atoms with Gasteiger partial charge in [0.25, 0.3) is 0 Å². The molecule has 6 heteroatoms. The van der Waals surface area contributed by atoms with Crippen LogP contribution in [0.25, 0.3) is 0 Å². The molecule has 21 heavy (non-hydrogen) atoms. The molecule has 0 heterocycles. The predicted octanol–water partition coefficient (Wildman–Crippen LogP) is 5.68. The average Bonchev–Trinajstić information content (AvgIpc) is 2.25. The number of alkyl halides is 3. The topological polar surface area (TPSA) is 38.3 Å². The van der Waals surface area contributed by atoms with Crippen LogP contribution in [0, 0.1) is 0 Å². The van der Waals surface area contributed by atoms with Crippen molar-refractivity contribution in [3.8, 4) is 0 Å². The third-order valence-electron chi connectivity index (χ3n) is 3.03. The second-order valence-electron chi connectivity index (χ2n) is 6.35. The first-order chi connectivity index (χ1) is 9.33. The van der Waals surface area contributed by atoms with Gasteiger partial charge in [0.2, 0.25) is 3.79 Å². The minimum absolute atomic E-state index is 0.0521. The Labute approximate surface area is 140 Å². The Bertz CT molecular complexity index is 499. The van der Waals surface area contributed by atoms with E-state index in [1.807, 2.05) is 24.3 Å². The van der Waals surface area contributed by atoms with Gasteiger partial charge in [-0.25, -0.2) is 4.79 Å². The summed E-state index contributed by atoms with van der Waals surface area (Å²) in [5.41, 5.74) is 0.597. The summed E-state index contributed by atoms with van der Waals surface area (Å²) < 4.78 is 3.45. The Morgan fingerprint density at radius 2 is 1.48 bits per heavy atom. The molecule has 0 saturated heterocycles. The number of halogens is 3. The second-order valence-corrected chi connectivity index (χ2v) is 8.63. The van der Waals surface area contributed by atoms with Gasteiger partial charge in [0.15, 0.2) is 5.60 Å². The zero-order chi connectivity index (χ0) is 16.5. The maximum Gasteiger partial charge on any atom is 0.412 e. The molecule has 0 spiro atoms. The molecule has 0 aliphatic carbocycles. The minimum Gasteiger partial charge on any atom is -0.439 e. The molecule has 0 bridgehead atoms. The van der Waals surface area contributed by atoms with Crippen LogP contribution in [0.4, 0.5) is 10.5 Å². The molecule has 3 nitrogen and oxygen atoms in total. The molecule has 0 saturated carbocycles. The van der Waals surface area contributed by atoms with E-state index in [2.05, 4.69) is 26.1 Å². The van der Waals surface area contributed by atoms with Crippen LogP contribution < -0.4 is 5.32 Å². The molecular weight excluding hydrogens is 333 g/mol. The van der Waals surface area contributed by atoms with Gasteiger partial charge in [-0.05, 0) is 37.0 Å². The fraction of sp³-hybridized carbons (Fsp3) is 0.533. The predicted molar refractivity (Wildman–Crippen MR) is 89.6 cm³/mol. The van der Waals surface area contributed by atoms with E-state index in [9.17, 15) is 4.79 Å². The number of hydrogen-bond donors (Lipinski definition) is 1. The van der Waals surface area contributed by atoms with Crippen molar-refractivity contribution >= 4 is 46.6 Å². The van der Waals surface area contributed by atoms with E-state index in [4.69, 9.17) is 39.5 Å². The smallest absolute Gasteiger partial charge is 0.412 e.